The molecule has 0 fully saturated rings. The molecule has 2 rings (SSSR count). The van der Waals surface area contributed by atoms with Crippen LogP contribution in [-0.2, 0) is 9.59 Å². The molecule has 0 aromatic heterocycles. The van der Waals surface area contributed by atoms with Crippen LogP contribution in [0.25, 0.3) is 0 Å². The summed E-state index contributed by atoms with van der Waals surface area (Å²) in [6, 6.07) is 0. The summed E-state index contributed by atoms with van der Waals surface area (Å²) in [5.41, 5.74) is 0. The van der Waals surface area contributed by atoms with Crippen LogP contribution in [0.5, 0.6) is 0 Å². The maximum absolute atomic E-state index is 11.0. The molecule has 2 aliphatic carbocycles. The summed E-state index contributed by atoms with van der Waals surface area (Å²) in [7, 11) is 0. The van der Waals surface area contributed by atoms with Crippen molar-refractivity contribution >= 4 is 11.6 Å². The van der Waals surface area contributed by atoms with Gasteiger partial charge in [0.05, 0.1) is 0 Å². The summed E-state index contributed by atoms with van der Waals surface area (Å²) in [5.74, 6) is 0.908. The van der Waals surface area contributed by atoms with Crippen molar-refractivity contribution in [3.05, 3.63) is 24.3 Å². The number of carbonyl (C=O) groups excluding carboxylic acids is 2. The summed E-state index contributed by atoms with van der Waals surface area (Å²) in [6.45, 7) is 0. The third-order valence-corrected chi connectivity index (χ3v) is 2.48. The van der Waals surface area contributed by atoms with Crippen molar-refractivity contribution in [2.45, 2.75) is 12.8 Å². The molecule has 0 aromatic rings. The number of allylic oxidation sites excluding steroid dienone is 4. The van der Waals surface area contributed by atoms with Gasteiger partial charge in [-0.05, 0) is 24.0 Å². The van der Waals surface area contributed by atoms with Crippen LogP contribution in [0, 0.1) is 11.8 Å². The second kappa shape index (κ2) is 2.70. The van der Waals surface area contributed by atoms with Crippen molar-refractivity contribution < 1.29 is 9.59 Å². The highest BCUT2D eigenvalue weighted by Gasteiger charge is 2.27. The molecule has 62 valence electrons. The van der Waals surface area contributed by atoms with Crippen molar-refractivity contribution in [2.75, 3.05) is 0 Å². The van der Waals surface area contributed by atoms with Gasteiger partial charge in [-0.25, -0.2) is 0 Å². The van der Waals surface area contributed by atoms with Crippen LogP contribution in [0.3, 0.4) is 0 Å². The van der Waals surface area contributed by atoms with E-state index in [0.717, 1.165) is 0 Å². The van der Waals surface area contributed by atoms with E-state index in [2.05, 4.69) is 0 Å². The standard InChI is InChI=1S/C10H10O2/c11-9-3-1-7-5-10(12)4-2-8(7)6-9/h1-4,7-8H,5-6H2. The molecule has 0 radical (unpaired) electrons. The number of fused-ring (bicyclic) bond motifs is 1. The zero-order chi connectivity index (χ0) is 8.55. The van der Waals surface area contributed by atoms with Crippen LogP contribution < -0.4 is 0 Å². The van der Waals surface area contributed by atoms with Crippen LogP contribution in [0.1, 0.15) is 12.8 Å². The summed E-state index contributed by atoms with van der Waals surface area (Å²) in [6.07, 6.45) is 8.10. The largest absolute Gasteiger partial charge is 0.295 e. The molecule has 0 bridgehead atoms. The average Bonchev–Trinajstić information content (AvgIpc) is 2.05. The lowest BCUT2D eigenvalue weighted by molar-refractivity contribution is -0.119. The first-order chi connectivity index (χ1) is 5.75. The summed E-state index contributed by atoms with van der Waals surface area (Å²) in [5, 5.41) is 0. The van der Waals surface area contributed by atoms with Crippen LogP contribution in [-0.4, -0.2) is 11.6 Å². The van der Waals surface area contributed by atoms with E-state index >= 15 is 0 Å². The number of hydrogen-bond donors (Lipinski definition) is 0. The van der Waals surface area contributed by atoms with Crippen LogP contribution in [0.2, 0.25) is 0 Å². The molecule has 12 heavy (non-hydrogen) atoms. The van der Waals surface area contributed by atoms with Crippen molar-refractivity contribution in [1.29, 1.82) is 0 Å². The third kappa shape index (κ3) is 1.24. The van der Waals surface area contributed by atoms with Crippen LogP contribution in [0.4, 0.5) is 0 Å². The first-order valence-corrected chi connectivity index (χ1v) is 4.18. The summed E-state index contributed by atoms with van der Waals surface area (Å²) in [4.78, 5) is 22.0. The Labute approximate surface area is 71.0 Å². The minimum Gasteiger partial charge on any atom is -0.295 e. The molecule has 2 unspecified atom stereocenters. The van der Waals surface area contributed by atoms with E-state index < -0.39 is 0 Å². The predicted octanol–water partition coefficient (Wildman–Crippen LogP) is 1.28. The van der Waals surface area contributed by atoms with Gasteiger partial charge in [0.2, 0.25) is 0 Å². The molecule has 2 nitrogen and oxygen atoms in total. The lowest BCUT2D eigenvalue weighted by Gasteiger charge is -2.26. The Morgan fingerprint density at radius 1 is 0.917 bits per heavy atom. The summed E-state index contributed by atoms with van der Waals surface area (Å²) < 4.78 is 0. The Kier molecular flexibility index (Phi) is 1.68. The Bertz CT molecular complexity index is 256. The monoisotopic (exact) mass is 162 g/mol. The highest BCUT2D eigenvalue weighted by atomic mass is 16.1. The van der Waals surface area contributed by atoms with Gasteiger partial charge in [-0.1, -0.05) is 12.2 Å². The molecule has 0 amide bonds. The normalized spacial score (nSPS) is 33.7. The van der Waals surface area contributed by atoms with E-state index in [4.69, 9.17) is 0 Å². The first kappa shape index (κ1) is 7.47. The molecule has 0 saturated carbocycles. The lowest BCUT2D eigenvalue weighted by Crippen LogP contribution is -2.24. The average molecular weight is 162 g/mol. The van der Waals surface area contributed by atoms with Gasteiger partial charge in [-0.2, -0.15) is 0 Å². The van der Waals surface area contributed by atoms with E-state index in [-0.39, 0.29) is 23.4 Å². The molecular weight excluding hydrogens is 152 g/mol. The van der Waals surface area contributed by atoms with Gasteiger partial charge in [0.1, 0.15) is 0 Å². The fourth-order valence-electron chi connectivity index (χ4n) is 1.79. The van der Waals surface area contributed by atoms with Gasteiger partial charge >= 0.3 is 0 Å². The second-order valence-electron chi connectivity index (χ2n) is 3.39. The lowest BCUT2D eigenvalue weighted by atomic mass is 9.77. The van der Waals surface area contributed by atoms with Crippen LogP contribution >= 0.6 is 0 Å². The maximum Gasteiger partial charge on any atom is 0.155 e. The van der Waals surface area contributed by atoms with Gasteiger partial charge in [0, 0.05) is 12.8 Å². The maximum atomic E-state index is 11.0. The van der Waals surface area contributed by atoms with Gasteiger partial charge < -0.3 is 0 Å². The van der Waals surface area contributed by atoms with E-state index in [0.29, 0.717) is 12.8 Å². The molecule has 0 N–H and O–H groups in total. The zero-order valence-electron chi connectivity index (χ0n) is 6.69. The van der Waals surface area contributed by atoms with E-state index in [1.165, 1.54) is 0 Å². The zero-order valence-corrected chi connectivity index (χ0v) is 6.69. The predicted molar refractivity (Wildman–Crippen MR) is 44.5 cm³/mol. The van der Waals surface area contributed by atoms with E-state index in [9.17, 15) is 9.59 Å². The van der Waals surface area contributed by atoms with Gasteiger partial charge in [0.15, 0.2) is 11.6 Å². The molecule has 2 heteroatoms. The highest BCUT2D eigenvalue weighted by molar-refractivity contribution is 5.94. The molecule has 2 aliphatic rings. The smallest absolute Gasteiger partial charge is 0.155 e. The Balaban J connectivity index is 2.24. The van der Waals surface area contributed by atoms with Gasteiger partial charge in [-0.15, -0.1) is 0 Å². The molecule has 0 spiro atoms. The minimum absolute atomic E-state index is 0.176. The van der Waals surface area contributed by atoms with Crippen LogP contribution in [0.15, 0.2) is 24.3 Å². The molecule has 0 aliphatic heterocycles. The number of hydrogen-bond acceptors (Lipinski definition) is 2. The highest BCUT2D eigenvalue weighted by Crippen LogP contribution is 2.30. The van der Waals surface area contributed by atoms with Gasteiger partial charge in [-0.3, -0.25) is 9.59 Å². The summed E-state index contributed by atoms with van der Waals surface area (Å²) >= 11 is 0. The molecule has 0 heterocycles. The Hall–Kier alpha value is -1.18. The van der Waals surface area contributed by atoms with Crippen molar-refractivity contribution in [3.8, 4) is 0 Å². The Morgan fingerprint density at radius 3 is 1.75 bits per heavy atom. The molecule has 0 saturated heterocycles. The Morgan fingerprint density at radius 2 is 1.33 bits per heavy atom. The third-order valence-electron chi connectivity index (χ3n) is 2.48. The second-order valence-corrected chi connectivity index (χ2v) is 3.39. The fourth-order valence-corrected chi connectivity index (χ4v) is 1.79. The van der Waals surface area contributed by atoms with E-state index in [1.54, 1.807) is 12.2 Å². The van der Waals surface area contributed by atoms with Crippen molar-refractivity contribution in [1.82, 2.24) is 0 Å². The quantitative estimate of drug-likeness (QED) is 0.537. The van der Waals surface area contributed by atoms with Crippen molar-refractivity contribution in [2.24, 2.45) is 11.8 Å². The van der Waals surface area contributed by atoms with Crippen molar-refractivity contribution in [3.63, 3.8) is 0 Å². The van der Waals surface area contributed by atoms with E-state index in [1.807, 2.05) is 12.2 Å². The molecule has 2 atom stereocenters. The SMILES string of the molecule is O=C1C=CC2CC(=O)C=CC2C1. The number of ketones is 2. The number of carbonyl (C=O) groups is 2. The fraction of sp³-hybridized carbons (Fsp3) is 0.400. The first-order valence-electron chi connectivity index (χ1n) is 4.18. The molecular formula is C10H10O2. The minimum atomic E-state index is 0.176. The topological polar surface area (TPSA) is 34.1 Å². The molecule has 0 aromatic carbocycles. The van der Waals surface area contributed by atoms with Gasteiger partial charge in [0.25, 0.3) is 0 Å². The number of rotatable bonds is 0.